The molecule has 0 aromatic carbocycles. The van der Waals surface area contributed by atoms with Crippen molar-refractivity contribution in [1.29, 1.82) is 0 Å². The lowest BCUT2D eigenvalue weighted by Gasteiger charge is -2.07. The minimum absolute atomic E-state index is 0.259. The molecule has 54 valence electrons. The van der Waals surface area contributed by atoms with Gasteiger partial charge in [-0.05, 0) is 12.3 Å². The van der Waals surface area contributed by atoms with Crippen LogP contribution in [-0.2, 0) is 0 Å². The SMILES string of the molecule is CC/C=C/C(O)C(C)C. The van der Waals surface area contributed by atoms with E-state index in [4.69, 9.17) is 0 Å². The Balaban J connectivity index is 3.48. The van der Waals surface area contributed by atoms with Gasteiger partial charge in [0.15, 0.2) is 0 Å². The molecule has 0 aromatic heterocycles. The monoisotopic (exact) mass is 128 g/mol. The van der Waals surface area contributed by atoms with Crippen LogP contribution in [0.3, 0.4) is 0 Å². The van der Waals surface area contributed by atoms with Crippen molar-refractivity contribution in [3.63, 3.8) is 0 Å². The first-order chi connectivity index (χ1) is 4.18. The molecule has 0 spiro atoms. The fourth-order valence-corrected chi connectivity index (χ4v) is 0.498. The van der Waals surface area contributed by atoms with Gasteiger partial charge in [0.05, 0.1) is 6.10 Å². The van der Waals surface area contributed by atoms with Crippen LogP contribution >= 0.6 is 0 Å². The molecule has 0 saturated carbocycles. The molecule has 0 heterocycles. The van der Waals surface area contributed by atoms with Gasteiger partial charge in [-0.1, -0.05) is 32.9 Å². The summed E-state index contributed by atoms with van der Waals surface area (Å²) < 4.78 is 0. The Hall–Kier alpha value is -0.300. The summed E-state index contributed by atoms with van der Waals surface area (Å²) in [5.74, 6) is 0.341. The van der Waals surface area contributed by atoms with E-state index in [1.807, 2.05) is 26.0 Å². The molecule has 1 heteroatoms. The molecule has 0 aliphatic heterocycles. The topological polar surface area (TPSA) is 20.2 Å². The summed E-state index contributed by atoms with van der Waals surface area (Å²) in [6.45, 7) is 6.07. The maximum Gasteiger partial charge on any atom is 0.0743 e. The Morgan fingerprint density at radius 2 is 2.00 bits per heavy atom. The summed E-state index contributed by atoms with van der Waals surface area (Å²) in [5.41, 5.74) is 0. The first kappa shape index (κ1) is 8.70. The fourth-order valence-electron chi connectivity index (χ4n) is 0.498. The zero-order valence-electron chi connectivity index (χ0n) is 6.46. The highest BCUT2D eigenvalue weighted by atomic mass is 16.3. The second-order valence-corrected chi connectivity index (χ2v) is 2.57. The average Bonchev–Trinajstić information content (AvgIpc) is 1.82. The lowest BCUT2D eigenvalue weighted by molar-refractivity contribution is 0.172. The van der Waals surface area contributed by atoms with E-state index in [1.54, 1.807) is 0 Å². The second-order valence-electron chi connectivity index (χ2n) is 2.57. The standard InChI is InChI=1S/C8H16O/c1-4-5-6-8(9)7(2)3/h5-9H,4H2,1-3H3/b6-5+. The molecule has 0 fully saturated rings. The predicted octanol–water partition coefficient (Wildman–Crippen LogP) is 1.97. The van der Waals surface area contributed by atoms with Crippen LogP contribution in [0.5, 0.6) is 0 Å². The van der Waals surface area contributed by atoms with E-state index in [9.17, 15) is 5.11 Å². The molecule has 0 radical (unpaired) electrons. The first-order valence-electron chi connectivity index (χ1n) is 3.53. The molecule has 0 rings (SSSR count). The third-order valence-electron chi connectivity index (χ3n) is 1.25. The van der Waals surface area contributed by atoms with E-state index in [0.717, 1.165) is 6.42 Å². The third-order valence-corrected chi connectivity index (χ3v) is 1.25. The molecule has 1 unspecified atom stereocenters. The van der Waals surface area contributed by atoms with Gasteiger partial charge in [-0.3, -0.25) is 0 Å². The minimum atomic E-state index is -0.259. The van der Waals surface area contributed by atoms with E-state index in [-0.39, 0.29) is 6.10 Å². The Bertz CT molecular complexity index is 84.6. The summed E-state index contributed by atoms with van der Waals surface area (Å²) in [6, 6.07) is 0. The molecule has 9 heavy (non-hydrogen) atoms. The van der Waals surface area contributed by atoms with Crippen molar-refractivity contribution < 1.29 is 5.11 Å². The van der Waals surface area contributed by atoms with Crippen LogP contribution in [0.15, 0.2) is 12.2 Å². The van der Waals surface area contributed by atoms with Crippen LogP contribution in [0.2, 0.25) is 0 Å². The first-order valence-corrected chi connectivity index (χ1v) is 3.53. The van der Waals surface area contributed by atoms with Crippen LogP contribution in [0, 0.1) is 5.92 Å². The average molecular weight is 128 g/mol. The summed E-state index contributed by atoms with van der Waals surface area (Å²) >= 11 is 0. The van der Waals surface area contributed by atoms with Gasteiger partial charge >= 0.3 is 0 Å². The molecular weight excluding hydrogens is 112 g/mol. The van der Waals surface area contributed by atoms with Crippen LogP contribution < -0.4 is 0 Å². The fraction of sp³-hybridized carbons (Fsp3) is 0.750. The normalized spacial score (nSPS) is 15.2. The van der Waals surface area contributed by atoms with E-state index < -0.39 is 0 Å². The van der Waals surface area contributed by atoms with Crippen LogP contribution in [0.1, 0.15) is 27.2 Å². The zero-order chi connectivity index (χ0) is 7.28. The van der Waals surface area contributed by atoms with E-state index in [1.165, 1.54) is 0 Å². The number of allylic oxidation sites excluding steroid dienone is 1. The van der Waals surface area contributed by atoms with E-state index in [2.05, 4.69) is 6.92 Å². The van der Waals surface area contributed by atoms with Gasteiger partial charge in [0.25, 0.3) is 0 Å². The molecule has 0 amide bonds. The zero-order valence-corrected chi connectivity index (χ0v) is 6.46. The number of hydrogen-bond acceptors (Lipinski definition) is 1. The van der Waals surface area contributed by atoms with Gasteiger partial charge in [-0.15, -0.1) is 0 Å². The molecule has 0 aromatic rings. The second kappa shape index (κ2) is 4.57. The maximum atomic E-state index is 9.17. The highest BCUT2D eigenvalue weighted by Crippen LogP contribution is 2.01. The Kier molecular flexibility index (Phi) is 4.41. The van der Waals surface area contributed by atoms with Gasteiger partial charge in [0.1, 0.15) is 0 Å². The van der Waals surface area contributed by atoms with Crippen molar-refractivity contribution >= 4 is 0 Å². The summed E-state index contributed by atoms with van der Waals surface area (Å²) in [7, 11) is 0. The molecule has 0 aliphatic rings. The third kappa shape index (κ3) is 4.22. The van der Waals surface area contributed by atoms with Crippen molar-refractivity contribution in [3.05, 3.63) is 12.2 Å². The van der Waals surface area contributed by atoms with Crippen LogP contribution in [0.25, 0.3) is 0 Å². The predicted molar refractivity (Wildman–Crippen MR) is 40.3 cm³/mol. The summed E-state index contributed by atoms with van der Waals surface area (Å²) in [6.07, 6.45) is 4.59. The highest BCUT2D eigenvalue weighted by molar-refractivity contribution is 4.88. The van der Waals surface area contributed by atoms with Crippen molar-refractivity contribution in [2.75, 3.05) is 0 Å². The smallest absolute Gasteiger partial charge is 0.0743 e. The van der Waals surface area contributed by atoms with Gasteiger partial charge < -0.3 is 5.11 Å². The number of rotatable bonds is 3. The van der Waals surface area contributed by atoms with Gasteiger partial charge in [-0.25, -0.2) is 0 Å². The molecule has 0 bridgehead atoms. The summed E-state index contributed by atoms with van der Waals surface area (Å²) in [5, 5.41) is 9.17. The Morgan fingerprint density at radius 1 is 1.44 bits per heavy atom. The quantitative estimate of drug-likeness (QED) is 0.576. The number of aliphatic hydroxyl groups is 1. The number of aliphatic hydroxyl groups excluding tert-OH is 1. The van der Waals surface area contributed by atoms with Crippen molar-refractivity contribution in [2.24, 2.45) is 5.92 Å². The summed E-state index contributed by atoms with van der Waals surface area (Å²) in [4.78, 5) is 0. The van der Waals surface area contributed by atoms with Crippen molar-refractivity contribution in [1.82, 2.24) is 0 Å². The molecule has 0 saturated heterocycles. The Morgan fingerprint density at radius 3 is 2.33 bits per heavy atom. The van der Waals surface area contributed by atoms with E-state index >= 15 is 0 Å². The van der Waals surface area contributed by atoms with Gasteiger partial charge in [0, 0.05) is 0 Å². The van der Waals surface area contributed by atoms with Gasteiger partial charge in [0.2, 0.25) is 0 Å². The van der Waals surface area contributed by atoms with E-state index in [0.29, 0.717) is 5.92 Å². The lowest BCUT2D eigenvalue weighted by Crippen LogP contribution is -2.10. The minimum Gasteiger partial charge on any atom is -0.389 e. The molecular formula is C8H16O. The molecule has 1 atom stereocenters. The lowest BCUT2D eigenvalue weighted by atomic mass is 10.1. The maximum absolute atomic E-state index is 9.17. The number of hydrogen-bond donors (Lipinski definition) is 1. The molecule has 0 aliphatic carbocycles. The van der Waals surface area contributed by atoms with Gasteiger partial charge in [-0.2, -0.15) is 0 Å². The van der Waals surface area contributed by atoms with Crippen molar-refractivity contribution in [2.45, 2.75) is 33.3 Å². The Labute approximate surface area is 57.4 Å². The molecule has 1 nitrogen and oxygen atoms in total. The molecule has 1 N–H and O–H groups in total. The van der Waals surface area contributed by atoms with Crippen LogP contribution in [-0.4, -0.2) is 11.2 Å². The van der Waals surface area contributed by atoms with Crippen LogP contribution in [0.4, 0.5) is 0 Å². The van der Waals surface area contributed by atoms with Crippen molar-refractivity contribution in [3.8, 4) is 0 Å². The largest absolute Gasteiger partial charge is 0.389 e. The highest BCUT2D eigenvalue weighted by Gasteiger charge is 2.01.